The van der Waals surface area contributed by atoms with Gasteiger partial charge in [0.25, 0.3) is 0 Å². The summed E-state index contributed by atoms with van der Waals surface area (Å²) in [4.78, 5) is 0. The van der Waals surface area contributed by atoms with Gasteiger partial charge in [-0.15, -0.1) is 0 Å². The number of aromatic nitrogens is 2. The molecule has 0 aliphatic heterocycles. The van der Waals surface area contributed by atoms with Crippen LogP contribution in [0.1, 0.15) is 49.1 Å². The van der Waals surface area contributed by atoms with Gasteiger partial charge in [-0.25, -0.2) is 0 Å². The average molecular weight is 259 g/mol. The van der Waals surface area contributed by atoms with E-state index in [0.717, 1.165) is 42.0 Å². The van der Waals surface area contributed by atoms with E-state index >= 15 is 0 Å². The van der Waals surface area contributed by atoms with Crippen molar-refractivity contribution in [1.29, 1.82) is 0 Å². The Morgan fingerprint density at radius 1 is 1.16 bits per heavy atom. The maximum absolute atomic E-state index is 4.30. The zero-order chi connectivity index (χ0) is 13.0. The molecule has 2 N–H and O–H groups in total. The van der Waals surface area contributed by atoms with Crippen molar-refractivity contribution in [2.75, 3.05) is 0 Å². The van der Waals surface area contributed by atoms with Crippen LogP contribution in [0.4, 0.5) is 0 Å². The van der Waals surface area contributed by atoms with Crippen molar-refractivity contribution >= 4 is 0 Å². The Balaban J connectivity index is 1.43. The lowest BCUT2D eigenvalue weighted by Crippen LogP contribution is -2.39. The number of aryl methyl sites for hydroxylation is 2. The number of H-pyrrole nitrogens is 1. The molecule has 0 saturated heterocycles. The second-order valence-electron chi connectivity index (χ2n) is 7.05. The third kappa shape index (κ3) is 1.78. The highest BCUT2D eigenvalue weighted by Gasteiger charge is 2.53. The molecule has 0 radical (unpaired) electrons. The molecule has 3 nitrogen and oxygen atoms in total. The summed E-state index contributed by atoms with van der Waals surface area (Å²) in [6.07, 6.45) is 7.47. The van der Waals surface area contributed by atoms with Crippen molar-refractivity contribution in [3.63, 3.8) is 0 Å². The Bertz CT molecular complexity index is 459. The molecule has 3 aliphatic rings. The smallest absolute Gasteiger partial charge is 0.0638 e. The summed E-state index contributed by atoms with van der Waals surface area (Å²) in [6.45, 7) is 5.23. The van der Waals surface area contributed by atoms with Crippen LogP contribution in [0.3, 0.4) is 0 Å². The van der Waals surface area contributed by atoms with Crippen LogP contribution in [0.5, 0.6) is 0 Å². The van der Waals surface area contributed by atoms with Crippen LogP contribution < -0.4 is 5.32 Å². The third-order valence-corrected chi connectivity index (χ3v) is 6.25. The topological polar surface area (TPSA) is 40.7 Å². The molecular formula is C16H25N3. The van der Waals surface area contributed by atoms with Gasteiger partial charge >= 0.3 is 0 Å². The first kappa shape index (κ1) is 12.0. The van der Waals surface area contributed by atoms with E-state index in [1.54, 1.807) is 0 Å². The number of nitrogens with zero attached hydrogens (tertiary/aromatic N) is 1. The van der Waals surface area contributed by atoms with Crippen molar-refractivity contribution < 1.29 is 0 Å². The van der Waals surface area contributed by atoms with Gasteiger partial charge in [0.1, 0.15) is 0 Å². The van der Waals surface area contributed by atoms with E-state index in [9.17, 15) is 0 Å². The molecule has 0 spiro atoms. The third-order valence-electron chi connectivity index (χ3n) is 6.25. The molecule has 4 rings (SSSR count). The Morgan fingerprint density at radius 2 is 2.00 bits per heavy atom. The summed E-state index contributed by atoms with van der Waals surface area (Å²) >= 11 is 0. The molecule has 1 aromatic rings. The second-order valence-corrected chi connectivity index (χ2v) is 7.05. The molecule has 3 aliphatic carbocycles. The maximum atomic E-state index is 4.30. The van der Waals surface area contributed by atoms with Gasteiger partial charge < -0.3 is 5.32 Å². The normalized spacial score (nSPS) is 40.0. The molecule has 3 saturated carbocycles. The standard InChI is InChI=1S/C16H25N3/c1-9-15(10(2)19-18-9)8-17-16-7-11-6-14(16)13-5-3-4-12(11)13/h11-14,16-17H,3-8H2,1-2H3,(H,18,19). The first-order chi connectivity index (χ1) is 9.24. The minimum Gasteiger partial charge on any atom is -0.309 e. The van der Waals surface area contributed by atoms with E-state index in [1.165, 1.54) is 43.4 Å². The van der Waals surface area contributed by atoms with Crippen LogP contribution in [0.2, 0.25) is 0 Å². The van der Waals surface area contributed by atoms with Crippen LogP contribution in [-0.4, -0.2) is 16.2 Å². The molecular weight excluding hydrogens is 234 g/mol. The van der Waals surface area contributed by atoms with Gasteiger partial charge in [0.15, 0.2) is 0 Å². The Hall–Kier alpha value is -0.830. The summed E-state index contributed by atoms with van der Waals surface area (Å²) < 4.78 is 0. The van der Waals surface area contributed by atoms with Crippen LogP contribution in [0.25, 0.3) is 0 Å². The average Bonchev–Trinajstić information content (AvgIpc) is 3.10. The van der Waals surface area contributed by atoms with Crippen molar-refractivity contribution in [3.8, 4) is 0 Å². The fourth-order valence-corrected chi connectivity index (χ4v) is 5.37. The SMILES string of the molecule is Cc1n[nH]c(C)c1CNC1CC2CC1C1CCCC21. The Labute approximate surface area is 115 Å². The van der Waals surface area contributed by atoms with Crippen LogP contribution in [0.15, 0.2) is 0 Å². The highest BCUT2D eigenvalue weighted by Crippen LogP contribution is 2.58. The Morgan fingerprint density at radius 3 is 2.79 bits per heavy atom. The second kappa shape index (κ2) is 4.34. The first-order valence-corrected chi connectivity index (χ1v) is 7.98. The fraction of sp³-hybridized carbons (Fsp3) is 0.812. The number of nitrogens with one attached hydrogen (secondary N) is 2. The molecule has 3 heteroatoms. The zero-order valence-corrected chi connectivity index (χ0v) is 12.1. The van der Waals surface area contributed by atoms with Crippen LogP contribution >= 0.6 is 0 Å². The van der Waals surface area contributed by atoms with Crippen molar-refractivity contribution in [2.45, 2.75) is 58.5 Å². The molecule has 1 aromatic heterocycles. The quantitative estimate of drug-likeness (QED) is 0.876. The minimum atomic E-state index is 0.776. The van der Waals surface area contributed by atoms with Gasteiger partial charge in [0.05, 0.1) is 5.69 Å². The van der Waals surface area contributed by atoms with Crippen LogP contribution in [-0.2, 0) is 6.54 Å². The summed E-state index contributed by atoms with van der Waals surface area (Å²) in [5, 5.41) is 11.2. The highest BCUT2D eigenvalue weighted by atomic mass is 15.1. The summed E-state index contributed by atoms with van der Waals surface area (Å²) in [7, 11) is 0. The monoisotopic (exact) mass is 259 g/mol. The lowest BCUT2D eigenvalue weighted by molar-refractivity contribution is 0.208. The van der Waals surface area contributed by atoms with Gasteiger partial charge in [-0.05, 0) is 63.2 Å². The fourth-order valence-electron chi connectivity index (χ4n) is 5.37. The number of aromatic amines is 1. The number of fused-ring (bicyclic) bond motifs is 5. The molecule has 3 fully saturated rings. The van der Waals surface area contributed by atoms with E-state index in [0.29, 0.717) is 0 Å². The van der Waals surface area contributed by atoms with Crippen LogP contribution in [0, 0.1) is 37.5 Å². The molecule has 104 valence electrons. The zero-order valence-electron chi connectivity index (χ0n) is 12.1. The van der Waals surface area contributed by atoms with E-state index in [2.05, 4.69) is 29.4 Å². The van der Waals surface area contributed by atoms with E-state index in [-0.39, 0.29) is 0 Å². The summed E-state index contributed by atoms with van der Waals surface area (Å²) in [6, 6.07) is 0.776. The molecule has 1 heterocycles. The van der Waals surface area contributed by atoms with E-state index in [1.807, 2.05) is 0 Å². The van der Waals surface area contributed by atoms with E-state index in [4.69, 9.17) is 0 Å². The summed E-state index contributed by atoms with van der Waals surface area (Å²) in [5.74, 6) is 4.18. The summed E-state index contributed by atoms with van der Waals surface area (Å²) in [5.41, 5.74) is 3.77. The number of hydrogen-bond acceptors (Lipinski definition) is 2. The number of rotatable bonds is 3. The number of hydrogen-bond donors (Lipinski definition) is 2. The maximum Gasteiger partial charge on any atom is 0.0638 e. The molecule has 0 aromatic carbocycles. The van der Waals surface area contributed by atoms with Gasteiger partial charge in [-0.1, -0.05) is 6.42 Å². The molecule has 0 amide bonds. The van der Waals surface area contributed by atoms with Crippen molar-refractivity contribution in [3.05, 3.63) is 17.0 Å². The van der Waals surface area contributed by atoms with Gasteiger partial charge in [-0.3, -0.25) is 5.10 Å². The van der Waals surface area contributed by atoms with E-state index < -0.39 is 0 Å². The predicted octanol–water partition coefficient (Wildman–Crippen LogP) is 2.94. The van der Waals surface area contributed by atoms with Gasteiger partial charge in [0.2, 0.25) is 0 Å². The largest absolute Gasteiger partial charge is 0.309 e. The minimum absolute atomic E-state index is 0.776. The van der Waals surface area contributed by atoms with Gasteiger partial charge in [0, 0.05) is 23.8 Å². The predicted molar refractivity (Wildman–Crippen MR) is 75.7 cm³/mol. The molecule has 19 heavy (non-hydrogen) atoms. The van der Waals surface area contributed by atoms with Crippen molar-refractivity contribution in [1.82, 2.24) is 15.5 Å². The molecule has 5 unspecified atom stereocenters. The molecule has 2 bridgehead atoms. The first-order valence-electron chi connectivity index (χ1n) is 7.98. The van der Waals surface area contributed by atoms with Crippen molar-refractivity contribution in [2.24, 2.45) is 23.7 Å². The molecule has 5 atom stereocenters. The lowest BCUT2D eigenvalue weighted by Gasteiger charge is -2.32. The highest BCUT2D eigenvalue weighted by molar-refractivity contribution is 5.23. The lowest BCUT2D eigenvalue weighted by atomic mass is 9.79. The van der Waals surface area contributed by atoms with Gasteiger partial charge in [-0.2, -0.15) is 5.10 Å². The Kier molecular flexibility index (Phi) is 2.73.